The molecule has 0 N–H and O–H groups in total. The van der Waals surface area contributed by atoms with Crippen LogP contribution >= 0.6 is 0 Å². The smallest absolute Gasteiger partial charge is 0 e. The zero-order chi connectivity index (χ0) is 3.41. The maximum Gasteiger partial charge on any atom is 0 e. The fourth-order valence-electron chi connectivity index (χ4n) is 0. The van der Waals surface area contributed by atoms with Gasteiger partial charge >= 0.3 is 0 Å². The molecule has 0 saturated carbocycles. The van der Waals surface area contributed by atoms with E-state index in [1.807, 2.05) is 0 Å². The molecule has 2 heteroatoms. The van der Waals surface area contributed by atoms with Crippen LogP contribution in [0.5, 0.6) is 0 Å². The molecule has 30 valence electrons. The van der Waals surface area contributed by atoms with E-state index in [1.165, 1.54) is 0 Å². The second kappa shape index (κ2) is 8.89. The van der Waals surface area contributed by atoms with Gasteiger partial charge < -0.3 is 4.79 Å². The second-order valence-corrected chi connectivity index (χ2v) is 0.498. The molecule has 0 rings (SSSR count). The van der Waals surface area contributed by atoms with Gasteiger partial charge in [-0.1, -0.05) is 6.92 Å². The third-order valence-electron chi connectivity index (χ3n) is 0.144. The summed E-state index contributed by atoms with van der Waals surface area (Å²) in [5, 5.41) is 0. The van der Waals surface area contributed by atoms with E-state index in [9.17, 15) is 0 Å². The average molecular weight is 207 g/mol. The molecular formula is C3H5OSm-. The second-order valence-electron chi connectivity index (χ2n) is 0.498. The summed E-state index contributed by atoms with van der Waals surface area (Å²) < 4.78 is 0. The average Bonchev–Trinajstić information content (AvgIpc) is 1.37. The minimum absolute atomic E-state index is 0. The number of carbonyl (C=O) groups excluding carboxylic acids is 1. The van der Waals surface area contributed by atoms with Crippen LogP contribution in [-0.2, 0) is 4.79 Å². The first-order valence-corrected chi connectivity index (χ1v) is 1.26. The molecule has 0 unspecified atom stereocenters. The molecule has 0 bridgehead atoms. The van der Waals surface area contributed by atoms with Gasteiger partial charge in [-0.15, -0.1) is 0 Å². The van der Waals surface area contributed by atoms with Gasteiger partial charge in [0, 0.05) is 40.4 Å². The number of hydrogen-bond donors (Lipinski definition) is 0. The van der Waals surface area contributed by atoms with Crippen LogP contribution in [0.1, 0.15) is 13.3 Å². The van der Waals surface area contributed by atoms with Gasteiger partial charge in [0.05, 0.1) is 0 Å². The van der Waals surface area contributed by atoms with E-state index in [-0.39, 0.29) is 40.4 Å². The molecule has 0 fully saturated rings. The summed E-state index contributed by atoms with van der Waals surface area (Å²) in [5.41, 5.74) is 0. The van der Waals surface area contributed by atoms with E-state index < -0.39 is 0 Å². The molecule has 0 heterocycles. The number of rotatable bonds is 1. The summed E-state index contributed by atoms with van der Waals surface area (Å²) in [6.45, 7) is 1.76. The largest absolute Gasteiger partial charge is 0.542 e. The van der Waals surface area contributed by atoms with Crippen molar-refractivity contribution in [2.45, 2.75) is 13.3 Å². The summed E-state index contributed by atoms with van der Waals surface area (Å²) in [7, 11) is 0. The topological polar surface area (TPSA) is 17.1 Å². The SMILES string of the molecule is CC[C-]=O.[Sm]. The maximum absolute atomic E-state index is 9.05. The fourth-order valence-corrected chi connectivity index (χ4v) is 0. The first kappa shape index (κ1) is 9.38. The van der Waals surface area contributed by atoms with Gasteiger partial charge in [-0.3, -0.25) is 6.29 Å². The Morgan fingerprint density at radius 3 is 2.00 bits per heavy atom. The number of hydrogen-bond acceptors (Lipinski definition) is 1. The first-order chi connectivity index (χ1) is 1.91. The van der Waals surface area contributed by atoms with Crippen molar-refractivity contribution in [2.75, 3.05) is 0 Å². The Morgan fingerprint density at radius 2 is 2.00 bits per heavy atom. The molecule has 5 heavy (non-hydrogen) atoms. The Balaban J connectivity index is 0. The molecule has 0 aliphatic carbocycles. The van der Waals surface area contributed by atoms with Gasteiger partial charge in [-0.25, -0.2) is 0 Å². The van der Waals surface area contributed by atoms with Crippen LogP contribution in [0, 0.1) is 40.4 Å². The van der Waals surface area contributed by atoms with Crippen molar-refractivity contribution in [1.29, 1.82) is 0 Å². The molecular weight excluding hydrogens is 202 g/mol. The molecule has 0 radical (unpaired) electrons. The summed E-state index contributed by atoms with van der Waals surface area (Å²) in [4.78, 5) is 9.05. The molecule has 0 saturated heterocycles. The molecule has 0 aromatic rings. The van der Waals surface area contributed by atoms with Crippen molar-refractivity contribution in [3.05, 3.63) is 0 Å². The molecule has 0 aliphatic rings. The van der Waals surface area contributed by atoms with Gasteiger partial charge in [-0.05, 0) is 0 Å². The van der Waals surface area contributed by atoms with E-state index in [0.717, 1.165) is 0 Å². The van der Waals surface area contributed by atoms with E-state index in [4.69, 9.17) is 4.79 Å². The van der Waals surface area contributed by atoms with E-state index >= 15 is 0 Å². The zero-order valence-corrected chi connectivity index (χ0v) is 5.64. The van der Waals surface area contributed by atoms with Crippen LogP contribution in [0.3, 0.4) is 0 Å². The van der Waals surface area contributed by atoms with Crippen LogP contribution in [0.15, 0.2) is 0 Å². The monoisotopic (exact) mass is 209 g/mol. The Hall–Kier alpha value is 1.01. The Bertz CT molecular complexity index is 20.9. The van der Waals surface area contributed by atoms with Crippen molar-refractivity contribution in [2.24, 2.45) is 0 Å². The van der Waals surface area contributed by atoms with Gasteiger partial charge in [0.25, 0.3) is 0 Å². The van der Waals surface area contributed by atoms with Crippen molar-refractivity contribution in [3.8, 4) is 0 Å². The molecule has 0 atom stereocenters. The predicted molar refractivity (Wildman–Crippen MR) is 16.0 cm³/mol. The third-order valence-corrected chi connectivity index (χ3v) is 0.144. The third kappa shape index (κ3) is 11.2. The standard InChI is InChI=1S/C3H5O.Sm/c1-2-3-4;/h2H2,1H3;/q-1;. The van der Waals surface area contributed by atoms with Crippen molar-refractivity contribution in [3.63, 3.8) is 0 Å². The Labute approximate surface area is 64.2 Å². The Morgan fingerprint density at radius 1 is 1.80 bits per heavy atom. The summed E-state index contributed by atoms with van der Waals surface area (Å²) in [5.74, 6) is 0. The van der Waals surface area contributed by atoms with Crippen LogP contribution in [0.25, 0.3) is 0 Å². The van der Waals surface area contributed by atoms with E-state index in [0.29, 0.717) is 6.42 Å². The van der Waals surface area contributed by atoms with Gasteiger partial charge in [0.15, 0.2) is 0 Å². The van der Waals surface area contributed by atoms with E-state index in [1.54, 1.807) is 13.2 Å². The zero-order valence-electron chi connectivity index (χ0n) is 3.02. The molecule has 1 nitrogen and oxygen atoms in total. The molecule has 0 amide bonds. The van der Waals surface area contributed by atoms with Gasteiger partial charge in [0.1, 0.15) is 0 Å². The summed E-state index contributed by atoms with van der Waals surface area (Å²) in [6, 6.07) is 0. The predicted octanol–water partition coefficient (Wildman–Crippen LogP) is 0.506. The van der Waals surface area contributed by atoms with Crippen LogP contribution in [0.4, 0.5) is 0 Å². The molecule has 0 aromatic heterocycles. The summed E-state index contributed by atoms with van der Waals surface area (Å²) >= 11 is 0. The van der Waals surface area contributed by atoms with Crippen molar-refractivity contribution >= 4 is 6.29 Å². The molecule has 0 aromatic carbocycles. The normalized spacial score (nSPS) is 5.00. The fraction of sp³-hybridized carbons (Fsp3) is 0.667. The quantitative estimate of drug-likeness (QED) is 0.573. The molecule has 0 spiro atoms. The van der Waals surface area contributed by atoms with Crippen LogP contribution in [-0.4, -0.2) is 6.29 Å². The molecule has 0 aliphatic heterocycles. The summed E-state index contributed by atoms with van der Waals surface area (Å²) in [6.07, 6.45) is 2.19. The van der Waals surface area contributed by atoms with Crippen molar-refractivity contribution in [1.82, 2.24) is 0 Å². The van der Waals surface area contributed by atoms with Crippen LogP contribution < -0.4 is 0 Å². The van der Waals surface area contributed by atoms with Gasteiger partial charge in [-0.2, -0.15) is 6.42 Å². The van der Waals surface area contributed by atoms with Crippen LogP contribution in [0.2, 0.25) is 0 Å². The Kier molecular flexibility index (Phi) is 16.7. The van der Waals surface area contributed by atoms with Gasteiger partial charge in [0.2, 0.25) is 0 Å². The van der Waals surface area contributed by atoms with E-state index in [2.05, 4.69) is 0 Å². The first-order valence-electron chi connectivity index (χ1n) is 1.26. The van der Waals surface area contributed by atoms with Crippen molar-refractivity contribution < 1.29 is 45.2 Å². The maximum atomic E-state index is 9.05. The minimum atomic E-state index is 0. The minimum Gasteiger partial charge on any atom is -0.542 e.